The van der Waals surface area contributed by atoms with Crippen LogP contribution < -0.4 is 0 Å². The number of hydrogen-bond acceptors (Lipinski definition) is 4. The number of rotatable bonds is 5. The molecule has 0 radical (unpaired) electrons. The fourth-order valence-corrected chi connectivity index (χ4v) is 3.67. The van der Waals surface area contributed by atoms with Crippen molar-refractivity contribution in [2.24, 2.45) is 5.92 Å². The van der Waals surface area contributed by atoms with Crippen molar-refractivity contribution >= 4 is 23.7 Å². The number of amides is 3. The summed E-state index contributed by atoms with van der Waals surface area (Å²) in [5, 5.41) is 9.22. The molecule has 3 amide bonds. The maximum Gasteiger partial charge on any atom is 0.308 e. The Balaban J connectivity index is 1.84. The number of nitrogens with zero attached hydrogens (tertiary/aromatic N) is 2. The Hall–Kier alpha value is -2.70. The number of imide groups is 1. The first-order valence-electron chi connectivity index (χ1n) is 8.90. The van der Waals surface area contributed by atoms with E-state index in [2.05, 4.69) is 0 Å². The predicted octanol–water partition coefficient (Wildman–Crippen LogP) is 2.02. The summed E-state index contributed by atoms with van der Waals surface area (Å²) in [6.45, 7) is 4.44. The van der Waals surface area contributed by atoms with Crippen molar-refractivity contribution in [3.63, 3.8) is 0 Å². The van der Waals surface area contributed by atoms with Crippen LogP contribution in [0.2, 0.25) is 0 Å². The van der Waals surface area contributed by atoms with Gasteiger partial charge in [0.1, 0.15) is 0 Å². The topological polar surface area (TPSA) is 95.0 Å². The maximum absolute atomic E-state index is 12.8. The van der Waals surface area contributed by atoms with Crippen molar-refractivity contribution in [3.05, 3.63) is 34.9 Å². The molecule has 0 aromatic heterocycles. The largest absolute Gasteiger partial charge is 0.481 e. The van der Waals surface area contributed by atoms with Crippen molar-refractivity contribution in [2.75, 3.05) is 13.1 Å². The number of unbranched alkanes of at least 4 members (excludes halogenated alkanes) is 1. The molecular weight excluding hydrogens is 336 g/mol. The molecule has 0 spiro atoms. The number of carboxylic acid groups (broad SMARTS) is 1. The molecule has 2 heterocycles. The van der Waals surface area contributed by atoms with E-state index < -0.39 is 17.9 Å². The zero-order chi connectivity index (χ0) is 19.0. The van der Waals surface area contributed by atoms with E-state index in [1.165, 1.54) is 28.0 Å². The highest BCUT2D eigenvalue weighted by Crippen LogP contribution is 2.28. The maximum atomic E-state index is 12.8. The van der Waals surface area contributed by atoms with E-state index in [9.17, 15) is 24.3 Å². The molecule has 1 aromatic rings. The molecule has 2 aliphatic rings. The Morgan fingerprint density at radius 2 is 1.88 bits per heavy atom. The van der Waals surface area contributed by atoms with Gasteiger partial charge in [-0.1, -0.05) is 13.3 Å². The highest BCUT2D eigenvalue weighted by atomic mass is 16.4. The van der Waals surface area contributed by atoms with Gasteiger partial charge in [-0.05, 0) is 38.0 Å². The molecule has 1 aromatic carbocycles. The first kappa shape index (κ1) is 18.1. The van der Waals surface area contributed by atoms with Crippen molar-refractivity contribution in [2.45, 2.75) is 39.2 Å². The van der Waals surface area contributed by atoms with Crippen LogP contribution in [0.25, 0.3) is 0 Å². The molecule has 0 bridgehead atoms. The van der Waals surface area contributed by atoms with Gasteiger partial charge < -0.3 is 10.0 Å². The summed E-state index contributed by atoms with van der Waals surface area (Å²) < 4.78 is 0. The summed E-state index contributed by atoms with van der Waals surface area (Å²) in [5.74, 6) is -2.49. The van der Waals surface area contributed by atoms with Crippen LogP contribution in [0.1, 0.15) is 64.2 Å². The zero-order valence-corrected chi connectivity index (χ0v) is 14.9. The summed E-state index contributed by atoms with van der Waals surface area (Å²) in [6, 6.07) is 4.11. The third-order valence-electron chi connectivity index (χ3n) is 5.29. The average molecular weight is 358 g/mol. The van der Waals surface area contributed by atoms with E-state index in [0.717, 1.165) is 12.8 Å². The second kappa shape index (κ2) is 6.90. The number of hydrogen-bond donors (Lipinski definition) is 1. The summed E-state index contributed by atoms with van der Waals surface area (Å²) in [5.41, 5.74) is 0.874. The molecule has 1 N–H and O–H groups in total. The molecule has 1 saturated heterocycles. The van der Waals surface area contributed by atoms with Crippen LogP contribution in [-0.2, 0) is 4.79 Å². The third kappa shape index (κ3) is 2.87. The summed E-state index contributed by atoms with van der Waals surface area (Å²) in [6.07, 6.45) is 2.02. The van der Waals surface area contributed by atoms with Gasteiger partial charge in [-0.15, -0.1) is 0 Å². The van der Waals surface area contributed by atoms with Gasteiger partial charge in [0.05, 0.1) is 17.0 Å². The van der Waals surface area contributed by atoms with Crippen molar-refractivity contribution < 1.29 is 24.3 Å². The van der Waals surface area contributed by atoms with E-state index in [-0.39, 0.29) is 23.3 Å². The van der Waals surface area contributed by atoms with Crippen LogP contribution in [0.5, 0.6) is 0 Å². The molecule has 2 atom stereocenters. The molecule has 138 valence electrons. The van der Waals surface area contributed by atoms with E-state index in [4.69, 9.17) is 0 Å². The summed E-state index contributed by atoms with van der Waals surface area (Å²) in [4.78, 5) is 51.7. The lowest BCUT2D eigenvalue weighted by molar-refractivity contribution is -0.142. The molecule has 3 rings (SSSR count). The molecule has 2 unspecified atom stereocenters. The van der Waals surface area contributed by atoms with E-state index in [0.29, 0.717) is 30.6 Å². The first-order valence-corrected chi connectivity index (χ1v) is 8.90. The quantitative estimate of drug-likeness (QED) is 0.813. The van der Waals surface area contributed by atoms with Crippen LogP contribution >= 0.6 is 0 Å². The average Bonchev–Trinajstić information content (AvgIpc) is 3.11. The van der Waals surface area contributed by atoms with Crippen molar-refractivity contribution in [3.8, 4) is 0 Å². The Labute approximate surface area is 151 Å². The van der Waals surface area contributed by atoms with Crippen molar-refractivity contribution in [1.29, 1.82) is 0 Å². The third-order valence-corrected chi connectivity index (χ3v) is 5.29. The number of benzene rings is 1. The molecule has 0 aliphatic carbocycles. The molecular formula is C19H22N2O5. The molecule has 7 heteroatoms. The van der Waals surface area contributed by atoms with Crippen LogP contribution in [0.3, 0.4) is 0 Å². The van der Waals surface area contributed by atoms with Gasteiger partial charge in [-0.2, -0.15) is 0 Å². The van der Waals surface area contributed by atoms with Crippen LogP contribution in [-0.4, -0.2) is 57.7 Å². The van der Waals surface area contributed by atoms with E-state index in [1.54, 1.807) is 6.92 Å². The lowest BCUT2D eigenvalue weighted by Crippen LogP contribution is -2.37. The molecule has 1 fully saturated rings. The predicted molar refractivity (Wildman–Crippen MR) is 93.0 cm³/mol. The van der Waals surface area contributed by atoms with E-state index in [1.807, 2.05) is 6.92 Å². The minimum Gasteiger partial charge on any atom is -0.481 e. The fraction of sp³-hybridized carbons (Fsp3) is 0.474. The minimum atomic E-state index is -0.908. The highest BCUT2D eigenvalue weighted by Gasteiger charge is 2.40. The van der Waals surface area contributed by atoms with Gasteiger partial charge in [0.25, 0.3) is 17.7 Å². The zero-order valence-electron chi connectivity index (χ0n) is 14.9. The lowest BCUT2D eigenvalue weighted by atomic mass is 10.0. The van der Waals surface area contributed by atoms with Gasteiger partial charge in [0.2, 0.25) is 0 Å². The molecule has 26 heavy (non-hydrogen) atoms. The smallest absolute Gasteiger partial charge is 0.308 e. The van der Waals surface area contributed by atoms with Gasteiger partial charge >= 0.3 is 5.97 Å². The van der Waals surface area contributed by atoms with Crippen LogP contribution in [0.15, 0.2) is 18.2 Å². The van der Waals surface area contributed by atoms with Crippen LogP contribution in [0.4, 0.5) is 0 Å². The normalized spacial score (nSPS) is 22.1. The number of likely N-dealkylation sites (tertiary alicyclic amines) is 1. The second-order valence-corrected chi connectivity index (χ2v) is 6.85. The van der Waals surface area contributed by atoms with Gasteiger partial charge in [0, 0.05) is 24.7 Å². The summed E-state index contributed by atoms with van der Waals surface area (Å²) in [7, 11) is 0. The van der Waals surface area contributed by atoms with Gasteiger partial charge in [-0.25, -0.2) is 0 Å². The number of carboxylic acids is 1. The molecule has 7 nitrogen and oxygen atoms in total. The fourth-order valence-electron chi connectivity index (χ4n) is 3.67. The Morgan fingerprint density at radius 1 is 1.19 bits per heavy atom. The SMILES string of the molecule is CCCCN1C(=O)c2ccc(C(=O)N3CCC(C(=O)O)C3C)cc2C1=O. The van der Waals surface area contributed by atoms with Crippen molar-refractivity contribution in [1.82, 2.24) is 9.80 Å². The first-order chi connectivity index (χ1) is 12.4. The van der Waals surface area contributed by atoms with Gasteiger partial charge in [0.15, 0.2) is 0 Å². The van der Waals surface area contributed by atoms with Crippen LogP contribution in [0, 0.1) is 5.92 Å². The highest BCUT2D eigenvalue weighted by molar-refractivity contribution is 6.22. The Morgan fingerprint density at radius 3 is 2.50 bits per heavy atom. The minimum absolute atomic E-state index is 0.249. The monoisotopic (exact) mass is 358 g/mol. The van der Waals surface area contributed by atoms with Gasteiger partial charge in [-0.3, -0.25) is 24.1 Å². The number of fused-ring (bicyclic) bond motifs is 1. The second-order valence-electron chi connectivity index (χ2n) is 6.85. The number of aliphatic carboxylic acids is 1. The lowest BCUT2D eigenvalue weighted by Gasteiger charge is -2.23. The Kier molecular flexibility index (Phi) is 4.80. The van der Waals surface area contributed by atoms with E-state index >= 15 is 0 Å². The summed E-state index contributed by atoms with van der Waals surface area (Å²) >= 11 is 0. The Bertz CT molecular complexity index is 788. The standard InChI is InChI=1S/C19H22N2O5/c1-3-4-8-21-17(23)14-6-5-12(10-15(14)18(21)24)16(22)20-9-7-13(11(20)2)19(25)26/h5-6,10-11,13H,3-4,7-9H2,1-2H3,(H,25,26). The molecule has 0 saturated carbocycles. The molecule has 2 aliphatic heterocycles. The number of carbonyl (C=O) groups excluding carboxylic acids is 3. The number of carbonyl (C=O) groups is 4.